The van der Waals surface area contributed by atoms with Crippen molar-refractivity contribution in [2.45, 2.75) is 19.1 Å². The second kappa shape index (κ2) is 11.0. The molecule has 2 unspecified atom stereocenters. The summed E-state index contributed by atoms with van der Waals surface area (Å²) in [6, 6.07) is 14.1. The zero-order valence-electron chi connectivity index (χ0n) is 23.2. The molecule has 11 nitrogen and oxygen atoms in total. The van der Waals surface area contributed by atoms with Crippen LogP contribution in [0.4, 0.5) is 10.1 Å². The number of sulfonamides is 1. The van der Waals surface area contributed by atoms with Crippen LogP contribution >= 0.6 is 0 Å². The molecule has 222 valence electrons. The van der Waals surface area contributed by atoms with E-state index in [-0.39, 0.29) is 29.4 Å². The Morgan fingerprint density at radius 3 is 2.26 bits per heavy atom. The van der Waals surface area contributed by atoms with E-state index >= 15 is 0 Å². The van der Waals surface area contributed by atoms with Gasteiger partial charge in [-0.3, -0.25) is 9.10 Å². The van der Waals surface area contributed by atoms with Gasteiger partial charge in [0.15, 0.2) is 0 Å². The minimum absolute atomic E-state index is 0.208. The van der Waals surface area contributed by atoms with E-state index in [0.717, 1.165) is 16.8 Å². The summed E-state index contributed by atoms with van der Waals surface area (Å²) in [5.74, 6) is -0.208. The smallest absolute Gasteiger partial charge is 0.255 e. The lowest BCUT2D eigenvalue weighted by atomic mass is 10.0. The van der Waals surface area contributed by atoms with Crippen LogP contribution < -0.4 is 14.4 Å². The van der Waals surface area contributed by atoms with Gasteiger partial charge in [-0.15, -0.1) is 0 Å². The third-order valence-corrected chi connectivity index (χ3v) is 8.90. The molecule has 2 aromatic carbocycles. The van der Waals surface area contributed by atoms with Gasteiger partial charge >= 0.3 is 0 Å². The molecule has 2 atom stereocenters. The van der Waals surface area contributed by atoms with E-state index in [1.54, 1.807) is 37.3 Å². The first-order valence-corrected chi connectivity index (χ1v) is 16.8. The predicted octanol–water partition coefficient (Wildman–Crippen LogP) is 3.56. The van der Waals surface area contributed by atoms with Gasteiger partial charge in [-0.1, -0.05) is 0 Å². The molecule has 2 aromatic heterocycles. The molecule has 1 aliphatic heterocycles. The number of pyridine rings is 1. The van der Waals surface area contributed by atoms with Crippen LogP contribution in [0.2, 0.25) is 0 Å². The molecule has 3 heterocycles. The summed E-state index contributed by atoms with van der Waals surface area (Å²) < 4.78 is 77.4. The van der Waals surface area contributed by atoms with Gasteiger partial charge in [0, 0.05) is 24.4 Å². The summed E-state index contributed by atoms with van der Waals surface area (Å²) in [4.78, 5) is 13.1. The SMILES string of the molecule is CNC(=O)c1c(-c2ccc(Oc3ccc(F)cc3)cc2)nn2cc3c(cc12)C(C)OC(CS(C)(=O)=O)CN3S(C)(=O)=O. The van der Waals surface area contributed by atoms with E-state index < -0.39 is 38.0 Å². The van der Waals surface area contributed by atoms with Crippen molar-refractivity contribution >= 4 is 37.0 Å². The molecule has 0 saturated carbocycles. The monoisotopic (exact) mass is 616 g/mol. The number of carbonyl (C=O) groups is 1. The number of hydrogen-bond acceptors (Lipinski definition) is 8. The Morgan fingerprint density at radius 1 is 1.07 bits per heavy atom. The van der Waals surface area contributed by atoms with Gasteiger partial charge in [0.2, 0.25) is 10.0 Å². The molecule has 1 amide bonds. The van der Waals surface area contributed by atoms with Crippen molar-refractivity contribution in [3.8, 4) is 22.8 Å². The molecular weight excluding hydrogens is 587 g/mol. The summed E-state index contributed by atoms with van der Waals surface area (Å²) >= 11 is 0. The zero-order chi connectivity index (χ0) is 30.4. The highest BCUT2D eigenvalue weighted by Gasteiger charge is 2.34. The highest BCUT2D eigenvalue weighted by molar-refractivity contribution is 7.92. The molecule has 0 saturated heterocycles. The van der Waals surface area contributed by atoms with Crippen LogP contribution in [0.1, 0.15) is 28.9 Å². The molecule has 0 aliphatic carbocycles. The van der Waals surface area contributed by atoms with Crippen LogP contribution in [0.5, 0.6) is 11.5 Å². The number of nitrogens with one attached hydrogen (secondary N) is 1. The van der Waals surface area contributed by atoms with E-state index in [2.05, 4.69) is 10.4 Å². The maximum absolute atomic E-state index is 13.2. The van der Waals surface area contributed by atoms with Gasteiger partial charge in [0.05, 0.1) is 53.7 Å². The van der Waals surface area contributed by atoms with Crippen molar-refractivity contribution in [1.29, 1.82) is 0 Å². The van der Waals surface area contributed by atoms with E-state index in [0.29, 0.717) is 33.8 Å². The highest BCUT2D eigenvalue weighted by atomic mass is 32.2. The number of benzene rings is 2. The summed E-state index contributed by atoms with van der Waals surface area (Å²) in [6.45, 7) is 1.49. The van der Waals surface area contributed by atoms with Gasteiger partial charge in [-0.25, -0.2) is 25.7 Å². The van der Waals surface area contributed by atoms with Crippen LogP contribution in [-0.4, -0.2) is 70.3 Å². The number of fused-ring (bicyclic) bond motifs is 2. The Balaban J connectivity index is 1.60. The number of anilines is 1. The van der Waals surface area contributed by atoms with Crippen molar-refractivity contribution < 1.29 is 35.5 Å². The van der Waals surface area contributed by atoms with E-state index in [1.165, 1.54) is 42.0 Å². The van der Waals surface area contributed by atoms with E-state index in [9.17, 15) is 26.0 Å². The normalized spacial score (nSPS) is 17.5. The first-order valence-electron chi connectivity index (χ1n) is 12.9. The molecule has 1 aliphatic rings. The number of amides is 1. The first kappa shape index (κ1) is 29.5. The molecule has 0 spiro atoms. The Labute approximate surface area is 242 Å². The maximum atomic E-state index is 13.2. The molecule has 0 radical (unpaired) electrons. The Kier molecular flexibility index (Phi) is 7.72. The Morgan fingerprint density at radius 2 is 1.69 bits per heavy atom. The Hall–Kier alpha value is -4.01. The minimum atomic E-state index is -3.85. The number of sulfone groups is 1. The third kappa shape index (κ3) is 6.10. The number of carbonyl (C=O) groups excluding carboxylic acids is 1. The van der Waals surface area contributed by atoms with Gasteiger partial charge in [-0.2, -0.15) is 5.10 Å². The molecule has 4 aromatic rings. The first-order chi connectivity index (χ1) is 19.7. The standard InChI is InChI=1S/C28H29FN4O7S2/c1-17-23-13-24-26(28(34)30-2)27(18-5-9-20(10-6-18)40-21-11-7-19(29)8-12-21)31-32(24)15-25(23)33(42(4,37)38)14-22(39-17)16-41(3,35)36/h5-13,15,17,22H,14,16H2,1-4H3,(H,30,34). The van der Waals surface area contributed by atoms with Crippen molar-refractivity contribution in [2.75, 3.05) is 36.2 Å². The second-order valence-electron chi connectivity index (χ2n) is 10.1. The summed E-state index contributed by atoms with van der Waals surface area (Å²) in [5.41, 5.74) is 2.33. The lowest BCUT2D eigenvalue weighted by molar-refractivity contribution is 0.0193. The van der Waals surface area contributed by atoms with E-state index in [4.69, 9.17) is 9.47 Å². The fourth-order valence-corrected chi connectivity index (χ4v) is 6.74. The predicted molar refractivity (Wildman–Crippen MR) is 156 cm³/mol. The van der Waals surface area contributed by atoms with E-state index in [1.807, 2.05) is 0 Å². The van der Waals surface area contributed by atoms with Crippen LogP contribution in [0.25, 0.3) is 16.8 Å². The van der Waals surface area contributed by atoms with Crippen molar-refractivity contribution in [1.82, 2.24) is 14.9 Å². The molecule has 0 bridgehead atoms. The Bertz CT molecular complexity index is 1870. The number of nitrogens with zero attached hydrogens (tertiary/aromatic N) is 3. The molecular formula is C28H29FN4O7S2. The summed E-state index contributed by atoms with van der Waals surface area (Å²) in [6.07, 6.45) is 2.01. The molecule has 5 rings (SSSR count). The number of halogens is 1. The van der Waals surface area contributed by atoms with Gasteiger partial charge in [-0.05, 0) is 61.5 Å². The number of aromatic nitrogens is 2. The average Bonchev–Trinajstić information content (AvgIpc) is 3.22. The number of hydrogen-bond donors (Lipinski definition) is 1. The zero-order valence-corrected chi connectivity index (χ0v) is 24.9. The topological polar surface area (TPSA) is 136 Å². The summed E-state index contributed by atoms with van der Waals surface area (Å²) in [7, 11) is -5.83. The molecule has 14 heteroatoms. The summed E-state index contributed by atoms with van der Waals surface area (Å²) in [5, 5.41) is 7.29. The lowest BCUT2D eigenvalue weighted by Crippen LogP contribution is -2.39. The van der Waals surface area contributed by atoms with Gasteiger partial charge in [0.25, 0.3) is 5.91 Å². The maximum Gasteiger partial charge on any atom is 0.255 e. The quantitative estimate of drug-likeness (QED) is 0.333. The fourth-order valence-electron chi connectivity index (χ4n) is 4.93. The fraction of sp³-hybridized carbons (Fsp3) is 0.286. The van der Waals surface area contributed by atoms with Crippen molar-refractivity contribution in [2.24, 2.45) is 0 Å². The van der Waals surface area contributed by atoms with Gasteiger partial charge in [0.1, 0.15) is 32.8 Å². The molecule has 1 N–H and O–H groups in total. The van der Waals surface area contributed by atoms with Crippen molar-refractivity contribution in [3.05, 3.63) is 77.7 Å². The average molecular weight is 617 g/mol. The largest absolute Gasteiger partial charge is 0.457 e. The van der Waals surface area contributed by atoms with Crippen LogP contribution in [0, 0.1) is 5.82 Å². The van der Waals surface area contributed by atoms with Crippen LogP contribution in [0.3, 0.4) is 0 Å². The minimum Gasteiger partial charge on any atom is -0.457 e. The second-order valence-corrected chi connectivity index (χ2v) is 14.2. The van der Waals surface area contributed by atoms with Crippen molar-refractivity contribution in [3.63, 3.8) is 0 Å². The van der Waals surface area contributed by atoms with Gasteiger partial charge < -0.3 is 14.8 Å². The number of ether oxygens (including phenoxy) is 2. The third-order valence-electron chi connectivity index (χ3n) is 6.77. The number of rotatable bonds is 7. The molecule has 42 heavy (non-hydrogen) atoms. The highest BCUT2D eigenvalue weighted by Crippen LogP contribution is 2.38. The molecule has 0 fully saturated rings. The van der Waals surface area contributed by atoms with Crippen LogP contribution in [-0.2, 0) is 24.6 Å². The van der Waals surface area contributed by atoms with Crippen LogP contribution in [0.15, 0.2) is 60.8 Å². The lowest BCUT2D eigenvalue weighted by Gasteiger charge is -2.24.